The molecule has 0 unspecified atom stereocenters. The summed E-state index contributed by atoms with van der Waals surface area (Å²) in [6.07, 6.45) is 4.89. The van der Waals surface area contributed by atoms with E-state index in [1.165, 1.54) is 0 Å². The number of fused-ring (bicyclic) bond motifs is 1. The molecule has 3 aromatic rings. The SMILES string of the molecule is CCn1cnc2c(Nc3cc(Br)cc(C#N)c3)nc(NC3CCC(O)CC3)nc21. The molecule has 0 saturated heterocycles. The number of imidazole rings is 1. The number of halogens is 1. The first kappa shape index (κ1) is 19.6. The molecule has 4 rings (SSSR count). The predicted octanol–water partition coefficient (Wildman–Crippen LogP) is 3.94. The Morgan fingerprint density at radius 3 is 2.76 bits per heavy atom. The van der Waals surface area contributed by atoms with Crippen LogP contribution in [0.4, 0.5) is 17.5 Å². The number of nitrogens with one attached hydrogen (secondary N) is 2. The summed E-state index contributed by atoms with van der Waals surface area (Å²) >= 11 is 3.44. The lowest BCUT2D eigenvalue weighted by Crippen LogP contribution is -2.29. The molecule has 1 aromatic carbocycles. The van der Waals surface area contributed by atoms with Gasteiger partial charge in [-0.3, -0.25) is 0 Å². The maximum absolute atomic E-state index is 9.74. The van der Waals surface area contributed by atoms with Crippen molar-refractivity contribution in [1.29, 1.82) is 5.26 Å². The van der Waals surface area contributed by atoms with E-state index in [0.717, 1.165) is 48.0 Å². The van der Waals surface area contributed by atoms with E-state index in [4.69, 9.17) is 0 Å². The Morgan fingerprint density at radius 1 is 1.24 bits per heavy atom. The van der Waals surface area contributed by atoms with Crippen molar-refractivity contribution in [3.63, 3.8) is 0 Å². The predicted molar refractivity (Wildman–Crippen MR) is 115 cm³/mol. The van der Waals surface area contributed by atoms with E-state index in [0.29, 0.717) is 22.8 Å². The van der Waals surface area contributed by atoms with Crippen LogP contribution in [0.5, 0.6) is 0 Å². The molecule has 0 spiro atoms. The molecule has 8 nitrogen and oxygen atoms in total. The van der Waals surface area contributed by atoms with Crippen LogP contribution >= 0.6 is 15.9 Å². The van der Waals surface area contributed by atoms with Crippen LogP contribution in [0.2, 0.25) is 0 Å². The second-order valence-corrected chi connectivity index (χ2v) is 8.13. The van der Waals surface area contributed by atoms with E-state index >= 15 is 0 Å². The first-order valence-corrected chi connectivity index (χ1v) is 10.5. The summed E-state index contributed by atoms with van der Waals surface area (Å²) in [6.45, 7) is 2.79. The average molecular weight is 456 g/mol. The molecule has 1 fully saturated rings. The Bertz CT molecular complexity index is 1070. The van der Waals surface area contributed by atoms with Gasteiger partial charge in [0.25, 0.3) is 0 Å². The van der Waals surface area contributed by atoms with Gasteiger partial charge in [-0.1, -0.05) is 15.9 Å². The van der Waals surface area contributed by atoms with Crippen molar-refractivity contribution < 1.29 is 5.11 Å². The van der Waals surface area contributed by atoms with Gasteiger partial charge in [-0.2, -0.15) is 15.2 Å². The zero-order valence-corrected chi connectivity index (χ0v) is 17.6. The minimum atomic E-state index is -0.207. The van der Waals surface area contributed by atoms with Gasteiger partial charge >= 0.3 is 0 Å². The lowest BCUT2D eigenvalue weighted by Gasteiger charge is -2.26. The maximum atomic E-state index is 9.74. The van der Waals surface area contributed by atoms with Crippen molar-refractivity contribution in [1.82, 2.24) is 19.5 Å². The van der Waals surface area contributed by atoms with Crippen LogP contribution in [-0.4, -0.2) is 36.8 Å². The third-order valence-electron chi connectivity index (χ3n) is 5.12. The molecular formula is C20H22BrN7O. The number of nitrogens with zero attached hydrogens (tertiary/aromatic N) is 5. The average Bonchev–Trinajstić information content (AvgIpc) is 3.12. The Morgan fingerprint density at radius 2 is 2.03 bits per heavy atom. The first-order valence-electron chi connectivity index (χ1n) is 9.71. The lowest BCUT2D eigenvalue weighted by atomic mass is 9.93. The van der Waals surface area contributed by atoms with Crippen molar-refractivity contribution in [2.24, 2.45) is 0 Å². The third-order valence-corrected chi connectivity index (χ3v) is 5.58. The minimum absolute atomic E-state index is 0.207. The van der Waals surface area contributed by atoms with Crippen LogP contribution in [0.1, 0.15) is 38.2 Å². The molecule has 1 aliphatic carbocycles. The van der Waals surface area contributed by atoms with Gasteiger partial charge in [0.1, 0.15) is 0 Å². The molecule has 0 aliphatic heterocycles. The van der Waals surface area contributed by atoms with E-state index in [2.05, 4.69) is 47.6 Å². The Hall–Kier alpha value is -2.70. The maximum Gasteiger partial charge on any atom is 0.227 e. The lowest BCUT2D eigenvalue weighted by molar-refractivity contribution is 0.126. The molecular weight excluding hydrogens is 434 g/mol. The van der Waals surface area contributed by atoms with E-state index in [1.54, 1.807) is 18.5 Å². The van der Waals surface area contributed by atoms with E-state index < -0.39 is 0 Å². The largest absolute Gasteiger partial charge is 0.393 e. The van der Waals surface area contributed by atoms with Crippen LogP contribution in [0.25, 0.3) is 11.2 Å². The molecule has 3 N–H and O–H groups in total. The molecule has 2 aromatic heterocycles. The van der Waals surface area contributed by atoms with Gasteiger partial charge in [0.15, 0.2) is 17.0 Å². The van der Waals surface area contributed by atoms with Gasteiger partial charge < -0.3 is 20.3 Å². The van der Waals surface area contributed by atoms with Gasteiger partial charge in [-0.05, 0) is 50.8 Å². The van der Waals surface area contributed by atoms with Gasteiger partial charge in [-0.25, -0.2) is 4.98 Å². The van der Waals surface area contributed by atoms with E-state index in [-0.39, 0.29) is 12.1 Å². The topological polar surface area (TPSA) is 112 Å². The first-order chi connectivity index (χ1) is 14.1. The van der Waals surface area contributed by atoms with Crippen LogP contribution in [-0.2, 0) is 6.54 Å². The molecule has 150 valence electrons. The van der Waals surface area contributed by atoms with Crippen LogP contribution < -0.4 is 10.6 Å². The highest BCUT2D eigenvalue weighted by Crippen LogP contribution is 2.28. The second-order valence-electron chi connectivity index (χ2n) is 7.21. The van der Waals surface area contributed by atoms with E-state index in [1.807, 2.05) is 17.6 Å². The van der Waals surface area contributed by atoms with Crippen molar-refractivity contribution in [2.45, 2.75) is 51.3 Å². The molecule has 29 heavy (non-hydrogen) atoms. The van der Waals surface area contributed by atoms with Gasteiger partial charge in [0.2, 0.25) is 5.95 Å². The number of hydrogen-bond acceptors (Lipinski definition) is 7. The Labute approximate surface area is 177 Å². The minimum Gasteiger partial charge on any atom is -0.393 e. The molecule has 1 aliphatic rings. The Balaban J connectivity index is 1.69. The Kier molecular flexibility index (Phi) is 5.65. The quantitative estimate of drug-likeness (QED) is 0.533. The summed E-state index contributed by atoms with van der Waals surface area (Å²) < 4.78 is 2.78. The molecule has 0 bridgehead atoms. The number of aryl methyl sites for hydroxylation is 1. The number of aromatic nitrogens is 4. The number of benzene rings is 1. The number of nitriles is 1. The van der Waals surface area contributed by atoms with E-state index in [9.17, 15) is 10.4 Å². The number of aliphatic hydroxyl groups excluding tert-OH is 1. The smallest absolute Gasteiger partial charge is 0.227 e. The van der Waals surface area contributed by atoms with Crippen molar-refractivity contribution in [2.75, 3.05) is 10.6 Å². The second kappa shape index (κ2) is 8.35. The number of hydrogen-bond donors (Lipinski definition) is 3. The molecule has 2 heterocycles. The summed E-state index contributed by atoms with van der Waals surface area (Å²) in [6, 6.07) is 7.81. The van der Waals surface area contributed by atoms with Crippen molar-refractivity contribution in [3.05, 3.63) is 34.6 Å². The van der Waals surface area contributed by atoms with Crippen LogP contribution in [0.3, 0.4) is 0 Å². The third kappa shape index (κ3) is 4.33. The van der Waals surface area contributed by atoms with Gasteiger partial charge in [0.05, 0.1) is 24.1 Å². The van der Waals surface area contributed by atoms with Crippen LogP contribution in [0, 0.1) is 11.3 Å². The summed E-state index contributed by atoms with van der Waals surface area (Å²) in [4.78, 5) is 13.8. The highest BCUT2D eigenvalue weighted by Gasteiger charge is 2.21. The number of anilines is 3. The van der Waals surface area contributed by atoms with Crippen LogP contribution in [0.15, 0.2) is 29.0 Å². The number of aliphatic hydroxyl groups is 1. The fourth-order valence-electron chi connectivity index (χ4n) is 3.59. The van der Waals surface area contributed by atoms with Gasteiger partial charge in [-0.15, -0.1) is 0 Å². The fraction of sp³-hybridized carbons (Fsp3) is 0.400. The zero-order chi connectivity index (χ0) is 20.4. The van der Waals surface area contributed by atoms with Crippen molar-refractivity contribution in [3.8, 4) is 6.07 Å². The highest BCUT2D eigenvalue weighted by molar-refractivity contribution is 9.10. The zero-order valence-electron chi connectivity index (χ0n) is 16.1. The van der Waals surface area contributed by atoms with Crippen molar-refractivity contribution >= 4 is 44.5 Å². The summed E-state index contributed by atoms with van der Waals surface area (Å²) in [7, 11) is 0. The molecule has 9 heteroatoms. The summed E-state index contributed by atoms with van der Waals surface area (Å²) in [5.74, 6) is 1.12. The fourth-order valence-corrected chi connectivity index (χ4v) is 4.09. The molecule has 0 amide bonds. The molecule has 1 saturated carbocycles. The molecule has 0 radical (unpaired) electrons. The summed E-state index contributed by atoms with van der Waals surface area (Å²) in [5, 5.41) is 25.7. The highest BCUT2D eigenvalue weighted by atomic mass is 79.9. The normalized spacial score (nSPS) is 19.1. The molecule has 0 atom stereocenters. The monoisotopic (exact) mass is 455 g/mol. The number of rotatable bonds is 5. The standard InChI is InChI=1S/C20H22BrN7O/c1-2-28-11-23-17-18(24-15-8-12(10-22)7-13(21)9-15)26-20(27-19(17)28)25-14-3-5-16(29)6-4-14/h7-9,11,14,16,29H,2-6H2,1H3,(H2,24,25,26,27). The summed E-state index contributed by atoms with van der Waals surface area (Å²) in [5.41, 5.74) is 2.72. The van der Waals surface area contributed by atoms with Gasteiger partial charge in [0, 0.05) is 22.7 Å².